The molecule has 2 N–H and O–H groups in total. The van der Waals surface area contributed by atoms with Crippen LogP contribution in [0.1, 0.15) is 38.9 Å². The Morgan fingerprint density at radius 1 is 1.26 bits per heavy atom. The van der Waals surface area contributed by atoms with E-state index in [9.17, 15) is 13.2 Å². The highest BCUT2D eigenvalue weighted by molar-refractivity contribution is 7.89. The Kier molecular flexibility index (Phi) is 4.88. The topological polar surface area (TPSA) is 93.4 Å². The van der Waals surface area contributed by atoms with Gasteiger partial charge < -0.3 is 4.90 Å². The first kappa shape index (κ1) is 17.6. The predicted octanol–water partition coefficient (Wildman–Crippen LogP) is 2.24. The number of primary sulfonamides is 1. The van der Waals surface area contributed by atoms with Gasteiger partial charge >= 0.3 is 0 Å². The van der Waals surface area contributed by atoms with Gasteiger partial charge in [-0.3, -0.25) is 4.79 Å². The molecule has 0 fully saturated rings. The van der Waals surface area contributed by atoms with E-state index in [4.69, 9.17) is 5.14 Å². The summed E-state index contributed by atoms with van der Waals surface area (Å²) in [4.78, 5) is 19.2. The third-order valence-corrected chi connectivity index (χ3v) is 5.68. The van der Waals surface area contributed by atoms with E-state index in [0.29, 0.717) is 4.88 Å². The van der Waals surface area contributed by atoms with Crippen LogP contribution in [0.2, 0.25) is 0 Å². The van der Waals surface area contributed by atoms with Gasteiger partial charge in [-0.25, -0.2) is 18.5 Å². The second kappa shape index (κ2) is 6.38. The average Bonchev–Trinajstić information content (AvgIpc) is 2.83. The van der Waals surface area contributed by atoms with Crippen molar-refractivity contribution in [3.8, 4) is 0 Å². The summed E-state index contributed by atoms with van der Waals surface area (Å²) >= 11 is 1.37. The monoisotopic (exact) mass is 353 g/mol. The minimum Gasteiger partial charge on any atom is -0.334 e. The molecule has 0 aliphatic heterocycles. The maximum Gasteiger partial charge on any atom is 0.266 e. The van der Waals surface area contributed by atoms with Crippen LogP contribution in [0.5, 0.6) is 0 Å². The normalized spacial score (nSPS) is 12.9. The Morgan fingerprint density at radius 2 is 1.83 bits per heavy atom. The molecular formula is C15H19N3O3S2. The molecule has 1 aromatic heterocycles. The number of carbonyl (C=O) groups is 1. The van der Waals surface area contributed by atoms with Crippen LogP contribution < -0.4 is 5.14 Å². The van der Waals surface area contributed by atoms with Crippen LogP contribution in [0.3, 0.4) is 0 Å². The molecule has 1 atom stereocenters. The molecule has 2 rings (SSSR count). The first-order chi connectivity index (χ1) is 10.6. The maximum absolute atomic E-state index is 12.6. The highest BCUT2D eigenvalue weighted by Gasteiger charge is 2.23. The number of nitrogens with two attached hydrogens (primary N) is 1. The number of amides is 1. The predicted molar refractivity (Wildman–Crippen MR) is 89.9 cm³/mol. The zero-order chi connectivity index (χ0) is 17.4. The third-order valence-electron chi connectivity index (χ3n) is 3.69. The van der Waals surface area contributed by atoms with Crippen molar-refractivity contribution < 1.29 is 13.2 Å². The lowest BCUT2D eigenvalue weighted by Gasteiger charge is -2.25. The summed E-state index contributed by atoms with van der Waals surface area (Å²) in [7, 11) is -2.00. The second-order valence-electron chi connectivity index (χ2n) is 5.35. The van der Waals surface area contributed by atoms with Crippen LogP contribution in [0.25, 0.3) is 0 Å². The van der Waals surface area contributed by atoms with E-state index in [2.05, 4.69) is 4.98 Å². The van der Waals surface area contributed by atoms with Gasteiger partial charge in [0.25, 0.3) is 5.91 Å². The Morgan fingerprint density at radius 3 is 2.26 bits per heavy atom. The van der Waals surface area contributed by atoms with Gasteiger partial charge in [-0.2, -0.15) is 0 Å². The van der Waals surface area contributed by atoms with Gasteiger partial charge in [0.15, 0.2) is 0 Å². The molecule has 124 valence electrons. The van der Waals surface area contributed by atoms with Crippen molar-refractivity contribution in [3.63, 3.8) is 0 Å². The van der Waals surface area contributed by atoms with Crippen LogP contribution in [-0.4, -0.2) is 31.3 Å². The van der Waals surface area contributed by atoms with E-state index < -0.39 is 10.0 Å². The molecule has 1 heterocycles. The van der Waals surface area contributed by atoms with Crippen molar-refractivity contribution in [1.82, 2.24) is 9.88 Å². The lowest BCUT2D eigenvalue weighted by atomic mass is 10.1. The van der Waals surface area contributed by atoms with Crippen molar-refractivity contribution in [2.75, 3.05) is 7.05 Å². The number of hydrogen-bond donors (Lipinski definition) is 1. The molecule has 0 aliphatic carbocycles. The Balaban J connectivity index is 2.24. The molecule has 0 bridgehead atoms. The zero-order valence-corrected chi connectivity index (χ0v) is 15.0. The Labute approximate surface area is 140 Å². The Bertz CT molecular complexity index is 826. The quantitative estimate of drug-likeness (QED) is 0.912. The molecule has 0 aliphatic rings. The summed E-state index contributed by atoms with van der Waals surface area (Å²) in [5.41, 5.74) is 1.55. The molecule has 0 spiro atoms. The van der Waals surface area contributed by atoms with E-state index in [0.717, 1.165) is 16.3 Å². The molecule has 8 heteroatoms. The smallest absolute Gasteiger partial charge is 0.266 e. The van der Waals surface area contributed by atoms with Crippen molar-refractivity contribution in [2.45, 2.75) is 31.7 Å². The second-order valence-corrected chi connectivity index (χ2v) is 8.12. The number of nitrogens with zero attached hydrogens (tertiary/aromatic N) is 2. The largest absolute Gasteiger partial charge is 0.334 e. The molecule has 6 nitrogen and oxygen atoms in total. The van der Waals surface area contributed by atoms with E-state index in [1.54, 1.807) is 24.1 Å². The number of hydrogen-bond acceptors (Lipinski definition) is 5. The van der Waals surface area contributed by atoms with Gasteiger partial charge in [-0.1, -0.05) is 12.1 Å². The number of aromatic nitrogens is 1. The van der Waals surface area contributed by atoms with Gasteiger partial charge in [0.05, 0.1) is 21.6 Å². The summed E-state index contributed by atoms with van der Waals surface area (Å²) in [5.74, 6) is -0.101. The maximum atomic E-state index is 12.6. The van der Waals surface area contributed by atoms with E-state index in [1.165, 1.54) is 23.5 Å². The molecule has 2 aromatic rings. The van der Waals surface area contributed by atoms with Crippen molar-refractivity contribution >= 4 is 27.3 Å². The third kappa shape index (κ3) is 3.77. The van der Waals surface area contributed by atoms with E-state index in [-0.39, 0.29) is 16.8 Å². The lowest BCUT2D eigenvalue weighted by Crippen LogP contribution is -2.29. The van der Waals surface area contributed by atoms with Gasteiger partial charge in [-0.05, 0) is 38.5 Å². The van der Waals surface area contributed by atoms with Crippen LogP contribution in [0.4, 0.5) is 0 Å². The molecule has 0 saturated carbocycles. The summed E-state index contributed by atoms with van der Waals surface area (Å²) < 4.78 is 22.6. The number of aryl methyl sites for hydroxylation is 2. The number of carbonyl (C=O) groups excluding carboxylic acids is 1. The first-order valence-electron chi connectivity index (χ1n) is 6.95. The summed E-state index contributed by atoms with van der Waals surface area (Å²) in [6.07, 6.45) is 0. The summed E-state index contributed by atoms with van der Waals surface area (Å²) in [6, 6.07) is 6.01. The first-order valence-corrected chi connectivity index (χ1v) is 9.31. The minimum atomic E-state index is -3.71. The van der Waals surface area contributed by atoms with E-state index in [1.807, 2.05) is 20.8 Å². The van der Waals surface area contributed by atoms with Gasteiger partial charge in [-0.15, -0.1) is 11.3 Å². The minimum absolute atomic E-state index is 0.0522. The SMILES string of the molecule is Cc1nc(C)c(C(=O)N(C)C(C)c2ccc(S(N)(=O)=O)cc2)s1. The van der Waals surface area contributed by atoms with E-state index >= 15 is 0 Å². The molecule has 0 radical (unpaired) electrons. The molecule has 1 aromatic carbocycles. The molecule has 1 unspecified atom stereocenters. The lowest BCUT2D eigenvalue weighted by molar-refractivity contribution is 0.0746. The average molecular weight is 353 g/mol. The van der Waals surface area contributed by atoms with Crippen molar-refractivity contribution in [3.05, 3.63) is 45.4 Å². The fourth-order valence-electron chi connectivity index (χ4n) is 2.23. The zero-order valence-electron chi connectivity index (χ0n) is 13.4. The van der Waals surface area contributed by atoms with Gasteiger partial charge in [0, 0.05) is 7.05 Å². The number of rotatable bonds is 4. The molecular weight excluding hydrogens is 334 g/mol. The van der Waals surface area contributed by atoms with Gasteiger partial charge in [0.1, 0.15) is 4.88 Å². The van der Waals surface area contributed by atoms with Crippen LogP contribution in [0, 0.1) is 13.8 Å². The molecule has 0 saturated heterocycles. The van der Waals surface area contributed by atoms with Crippen molar-refractivity contribution in [1.29, 1.82) is 0 Å². The Hall–Kier alpha value is -1.77. The van der Waals surface area contributed by atoms with Crippen LogP contribution in [-0.2, 0) is 10.0 Å². The van der Waals surface area contributed by atoms with Crippen LogP contribution in [0.15, 0.2) is 29.2 Å². The fourth-order valence-corrected chi connectivity index (χ4v) is 3.64. The number of thiazole rings is 1. The highest BCUT2D eigenvalue weighted by Crippen LogP contribution is 2.25. The molecule has 1 amide bonds. The number of sulfonamides is 1. The fraction of sp³-hybridized carbons (Fsp3) is 0.333. The number of benzene rings is 1. The summed E-state index contributed by atoms with van der Waals surface area (Å²) in [5, 5.41) is 5.94. The van der Waals surface area contributed by atoms with Crippen molar-refractivity contribution in [2.24, 2.45) is 5.14 Å². The molecule has 23 heavy (non-hydrogen) atoms. The highest BCUT2D eigenvalue weighted by atomic mass is 32.2. The van der Waals surface area contributed by atoms with Crippen LogP contribution >= 0.6 is 11.3 Å². The standard InChI is InChI=1S/C15H19N3O3S2/c1-9-14(22-11(3)17-9)15(19)18(4)10(2)12-5-7-13(8-6-12)23(16,20)21/h5-8,10H,1-4H3,(H2,16,20,21). The van der Waals surface area contributed by atoms with Gasteiger partial charge in [0.2, 0.25) is 10.0 Å². The summed E-state index contributed by atoms with van der Waals surface area (Å²) in [6.45, 7) is 5.56.